The standard InChI is InChI=1S/C7H5F3.FH/c8-7(9,10)5-6-3-1-2-4-6;/h1-5H;1H/p-1. The molecule has 0 radical (unpaired) electrons. The lowest BCUT2D eigenvalue weighted by Gasteiger charge is -1.97. The summed E-state index contributed by atoms with van der Waals surface area (Å²) in [4.78, 5) is 0. The average molecular weight is 165 g/mol. The summed E-state index contributed by atoms with van der Waals surface area (Å²) in [6, 6.07) is 0. The van der Waals surface area contributed by atoms with Crippen LogP contribution in [0.4, 0.5) is 13.2 Å². The van der Waals surface area contributed by atoms with Gasteiger partial charge in [0.15, 0.2) is 0 Å². The molecule has 0 aromatic rings. The quantitative estimate of drug-likeness (QED) is 0.429. The Kier molecular flexibility index (Phi) is 3.04. The fourth-order valence-corrected chi connectivity index (χ4v) is 0.674. The average Bonchev–Trinajstić information content (AvgIpc) is 2.12. The summed E-state index contributed by atoms with van der Waals surface area (Å²) >= 11 is 0. The zero-order chi connectivity index (χ0) is 7.61. The zero-order valence-electron chi connectivity index (χ0n) is 5.40. The maximum Gasteiger partial charge on any atom is 0.410 e. The van der Waals surface area contributed by atoms with Gasteiger partial charge in [0, 0.05) is 6.08 Å². The first-order chi connectivity index (χ1) is 4.58. The van der Waals surface area contributed by atoms with Crippen molar-refractivity contribution < 1.29 is 17.9 Å². The molecule has 0 aromatic carbocycles. The number of allylic oxidation sites excluding steroid dienone is 6. The molecule has 62 valence electrons. The van der Waals surface area contributed by atoms with Crippen molar-refractivity contribution in [1.82, 2.24) is 0 Å². The third-order valence-electron chi connectivity index (χ3n) is 1.02. The number of hydrogen-bond acceptors (Lipinski definition) is 0. The molecule has 0 nitrogen and oxygen atoms in total. The Hall–Kier alpha value is -1.06. The van der Waals surface area contributed by atoms with E-state index in [-0.39, 0.29) is 16.4 Å². The van der Waals surface area contributed by atoms with Crippen LogP contribution in [0.1, 0.15) is 0 Å². The van der Waals surface area contributed by atoms with E-state index in [1.54, 1.807) is 12.2 Å². The normalized spacial score (nSPS) is 15.0. The molecule has 0 unspecified atom stereocenters. The summed E-state index contributed by atoms with van der Waals surface area (Å²) in [5, 5.41) is 0. The van der Waals surface area contributed by atoms with Gasteiger partial charge in [-0.15, -0.1) is 0 Å². The van der Waals surface area contributed by atoms with Crippen molar-refractivity contribution in [3.8, 4) is 0 Å². The van der Waals surface area contributed by atoms with Crippen LogP contribution in [-0.4, -0.2) is 6.18 Å². The first-order valence-corrected chi connectivity index (χ1v) is 2.72. The lowest BCUT2D eigenvalue weighted by atomic mass is 10.3. The first-order valence-electron chi connectivity index (χ1n) is 2.72. The van der Waals surface area contributed by atoms with Gasteiger partial charge in [0.25, 0.3) is 0 Å². The topological polar surface area (TPSA) is 0 Å². The number of hydrogen-bond donors (Lipinski definition) is 0. The van der Waals surface area contributed by atoms with Gasteiger partial charge >= 0.3 is 6.18 Å². The third kappa shape index (κ3) is 3.60. The maximum atomic E-state index is 11.6. The molecule has 0 heterocycles. The molecular weight excluding hydrogens is 160 g/mol. The number of halogens is 4. The van der Waals surface area contributed by atoms with Gasteiger partial charge in [0.2, 0.25) is 0 Å². The SMILES string of the molecule is FC(F)(F)C=C1C=CC=C1.[F-]. The van der Waals surface area contributed by atoms with Gasteiger partial charge in [-0.05, 0) is 5.57 Å². The van der Waals surface area contributed by atoms with Crippen molar-refractivity contribution in [3.63, 3.8) is 0 Å². The van der Waals surface area contributed by atoms with Gasteiger partial charge < -0.3 is 4.70 Å². The minimum Gasteiger partial charge on any atom is -1.00 e. The molecule has 0 amide bonds. The molecular formula is C7H5F4-. The van der Waals surface area contributed by atoms with Crippen molar-refractivity contribution in [2.24, 2.45) is 0 Å². The largest absolute Gasteiger partial charge is 1.00 e. The Balaban J connectivity index is 0.000001000. The highest BCUT2D eigenvalue weighted by molar-refractivity contribution is 5.40. The van der Waals surface area contributed by atoms with E-state index >= 15 is 0 Å². The summed E-state index contributed by atoms with van der Waals surface area (Å²) in [5.74, 6) is 0. The predicted molar refractivity (Wildman–Crippen MR) is 32.4 cm³/mol. The monoisotopic (exact) mass is 165 g/mol. The first kappa shape index (κ1) is 9.94. The van der Waals surface area contributed by atoms with Crippen LogP contribution in [0.5, 0.6) is 0 Å². The maximum absolute atomic E-state index is 11.6. The van der Waals surface area contributed by atoms with Gasteiger partial charge in [-0.1, -0.05) is 24.3 Å². The Morgan fingerprint density at radius 2 is 1.55 bits per heavy atom. The molecule has 4 heteroatoms. The van der Waals surface area contributed by atoms with Crippen molar-refractivity contribution in [2.75, 3.05) is 0 Å². The Bertz CT molecular complexity index is 193. The van der Waals surface area contributed by atoms with E-state index in [0.29, 0.717) is 0 Å². The molecule has 0 atom stereocenters. The lowest BCUT2D eigenvalue weighted by Crippen LogP contribution is -3.00. The highest BCUT2D eigenvalue weighted by Gasteiger charge is 2.23. The van der Waals surface area contributed by atoms with Crippen molar-refractivity contribution in [1.29, 1.82) is 0 Å². The van der Waals surface area contributed by atoms with E-state index in [9.17, 15) is 13.2 Å². The van der Waals surface area contributed by atoms with Crippen molar-refractivity contribution in [2.45, 2.75) is 6.18 Å². The molecule has 1 aliphatic carbocycles. The van der Waals surface area contributed by atoms with Crippen LogP contribution in [-0.2, 0) is 0 Å². The van der Waals surface area contributed by atoms with Gasteiger partial charge in [-0.25, -0.2) is 0 Å². The minimum absolute atomic E-state index is 0. The lowest BCUT2D eigenvalue weighted by molar-refractivity contribution is -0.0801. The third-order valence-corrected chi connectivity index (χ3v) is 1.02. The molecule has 0 fully saturated rings. The Morgan fingerprint density at radius 3 is 1.91 bits per heavy atom. The predicted octanol–water partition coefficient (Wildman–Crippen LogP) is -0.395. The smallest absolute Gasteiger partial charge is 0.410 e. The van der Waals surface area contributed by atoms with Crippen LogP contribution in [0.3, 0.4) is 0 Å². The molecule has 0 saturated heterocycles. The molecule has 0 aromatic heterocycles. The van der Waals surface area contributed by atoms with E-state index in [0.717, 1.165) is 0 Å². The van der Waals surface area contributed by atoms with E-state index in [2.05, 4.69) is 0 Å². The van der Waals surface area contributed by atoms with Crippen molar-refractivity contribution in [3.05, 3.63) is 36.0 Å². The second-order valence-electron chi connectivity index (χ2n) is 1.90. The van der Waals surface area contributed by atoms with E-state index < -0.39 is 6.18 Å². The molecule has 0 N–H and O–H groups in total. The van der Waals surface area contributed by atoms with Crippen LogP contribution >= 0.6 is 0 Å². The minimum atomic E-state index is -4.20. The van der Waals surface area contributed by atoms with Crippen LogP contribution in [0.15, 0.2) is 36.0 Å². The Labute approximate surface area is 61.1 Å². The molecule has 11 heavy (non-hydrogen) atoms. The van der Waals surface area contributed by atoms with Crippen LogP contribution < -0.4 is 4.70 Å². The summed E-state index contributed by atoms with van der Waals surface area (Å²) in [5.41, 5.74) is 0.201. The Morgan fingerprint density at radius 1 is 1.09 bits per heavy atom. The van der Waals surface area contributed by atoms with E-state index in [1.165, 1.54) is 12.2 Å². The molecule has 1 aliphatic rings. The summed E-state index contributed by atoms with van der Waals surface area (Å²) < 4.78 is 34.7. The molecule has 1 rings (SSSR count). The summed E-state index contributed by atoms with van der Waals surface area (Å²) in [6.07, 6.45) is 2.03. The van der Waals surface area contributed by atoms with Crippen LogP contribution in [0.25, 0.3) is 0 Å². The van der Waals surface area contributed by atoms with Gasteiger partial charge in [0.1, 0.15) is 0 Å². The van der Waals surface area contributed by atoms with Crippen molar-refractivity contribution >= 4 is 0 Å². The van der Waals surface area contributed by atoms with E-state index in [4.69, 9.17) is 0 Å². The summed E-state index contributed by atoms with van der Waals surface area (Å²) in [6.45, 7) is 0. The molecule has 0 aliphatic heterocycles. The second-order valence-corrected chi connectivity index (χ2v) is 1.90. The van der Waals surface area contributed by atoms with Crippen LogP contribution in [0, 0.1) is 0 Å². The fraction of sp³-hybridized carbons (Fsp3) is 0.143. The molecule has 0 saturated carbocycles. The van der Waals surface area contributed by atoms with Gasteiger partial charge in [-0.2, -0.15) is 13.2 Å². The second kappa shape index (κ2) is 3.37. The number of rotatable bonds is 0. The molecule has 0 bridgehead atoms. The van der Waals surface area contributed by atoms with Gasteiger partial charge in [0.05, 0.1) is 0 Å². The highest BCUT2D eigenvalue weighted by Crippen LogP contribution is 2.20. The summed E-state index contributed by atoms with van der Waals surface area (Å²) in [7, 11) is 0. The zero-order valence-corrected chi connectivity index (χ0v) is 5.40. The number of alkyl halides is 3. The van der Waals surface area contributed by atoms with Gasteiger partial charge in [-0.3, -0.25) is 0 Å². The van der Waals surface area contributed by atoms with Crippen LogP contribution in [0.2, 0.25) is 0 Å². The molecule has 0 spiro atoms. The van der Waals surface area contributed by atoms with E-state index in [1.807, 2.05) is 0 Å². The fourth-order valence-electron chi connectivity index (χ4n) is 0.674. The highest BCUT2D eigenvalue weighted by atomic mass is 19.4.